The number of alkyl halides is 2. The van der Waals surface area contributed by atoms with Crippen LogP contribution in [-0.2, 0) is 17.1 Å². The van der Waals surface area contributed by atoms with Crippen LogP contribution < -0.4 is 0 Å². The van der Waals surface area contributed by atoms with E-state index < -0.39 is 27.5 Å². The third kappa shape index (κ3) is 2.10. The van der Waals surface area contributed by atoms with Gasteiger partial charge in [0.1, 0.15) is 0 Å². The van der Waals surface area contributed by atoms with E-state index in [0.717, 1.165) is 6.20 Å². The number of aromatic nitrogens is 1. The highest BCUT2D eigenvalue weighted by atomic mass is 35.5. The number of nitrogens with zero attached hydrogens (tertiary/aromatic N) is 1. The van der Waals surface area contributed by atoms with E-state index in [1.165, 1.54) is 0 Å². The van der Waals surface area contributed by atoms with Gasteiger partial charge < -0.3 is 5.11 Å². The van der Waals surface area contributed by atoms with Crippen molar-refractivity contribution in [1.29, 1.82) is 0 Å². The molecule has 1 rings (SSSR count). The largest absolute Gasteiger partial charge is 0.477 e. The molecule has 1 aromatic heterocycles. The van der Waals surface area contributed by atoms with Crippen LogP contribution >= 0.6 is 23.2 Å². The normalized spacial score (nSPS) is 11.6. The van der Waals surface area contributed by atoms with Crippen LogP contribution in [0.5, 0.6) is 0 Å². The van der Waals surface area contributed by atoms with Crippen molar-refractivity contribution in [2.24, 2.45) is 0 Å². The number of hydrogen-bond acceptors (Lipinski definition) is 2. The lowest BCUT2D eigenvalue weighted by Gasteiger charge is -2.16. The first-order valence-electron chi connectivity index (χ1n) is 4.26. The molecule has 0 amide bonds. The van der Waals surface area contributed by atoms with Crippen molar-refractivity contribution in [2.45, 2.75) is 19.3 Å². The van der Waals surface area contributed by atoms with Gasteiger partial charge in [0, 0.05) is 6.20 Å². The van der Waals surface area contributed by atoms with Gasteiger partial charge in [0.2, 0.25) is 0 Å². The van der Waals surface area contributed by atoms with Crippen molar-refractivity contribution in [3.63, 3.8) is 0 Å². The molecule has 0 saturated carbocycles. The number of aryl methyl sites for hydroxylation is 1. The highest BCUT2D eigenvalue weighted by molar-refractivity contribution is 6.36. The molecule has 0 aromatic carbocycles. The fourth-order valence-corrected chi connectivity index (χ4v) is 1.86. The molecule has 0 radical (unpaired) electrons. The van der Waals surface area contributed by atoms with Crippen LogP contribution in [-0.4, -0.2) is 16.1 Å². The molecule has 7 heteroatoms. The lowest BCUT2D eigenvalue weighted by Crippen LogP contribution is -2.26. The molecule has 0 saturated heterocycles. The Hall–Kier alpha value is -0.940. The van der Waals surface area contributed by atoms with Gasteiger partial charge in [0.25, 0.3) is 0 Å². The van der Waals surface area contributed by atoms with Gasteiger partial charge in [-0.2, -0.15) is 8.78 Å². The standard InChI is InChI=1S/C9H7Cl2F2NO2/c1-2-5-7(11)6(4(10)3-14-5)9(12,13)8(15)16/h3H,2H2,1H3,(H,15,16). The molecular weight excluding hydrogens is 263 g/mol. The maximum atomic E-state index is 13.3. The number of carboxylic acid groups (broad SMARTS) is 1. The second-order valence-electron chi connectivity index (χ2n) is 2.97. The van der Waals surface area contributed by atoms with Gasteiger partial charge in [-0.3, -0.25) is 4.98 Å². The highest BCUT2D eigenvalue weighted by Gasteiger charge is 2.45. The Morgan fingerprint density at radius 1 is 1.56 bits per heavy atom. The van der Waals surface area contributed by atoms with Crippen LogP contribution in [0.25, 0.3) is 0 Å². The van der Waals surface area contributed by atoms with E-state index in [1.54, 1.807) is 6.92 Å². The summed E-state index contributed by atoms with van der Waals surface area (Å²) < 4.78 is 26.6. The topological polar surface area (TPSA) is 50.2 Å². The van der Waals surface area contributed by atoms with E-state index in [-0.39, 0.29) is 5.69 Å². The van der Waals surface area contributed by atoms with Crippen molar-refractivity contribution in [1.82, 2.24) is 4.98 Å². The summed E-state index contributed by atoms with van der Waals surface area (Å²) in [5.74, 6) is -6.43. The molecule has 16 heavy (non-hydrogen) atoms. The van der Waals surface area contributed by atoms with Crippen molar-refractivity contribution < 1.29 is 18.7 Å². The number of rotatable bonds is 3. The predicted molar refractivity (Wildman–Crippen MR) is 55.2 cm³/mol. The minimum absolute atomic E-state index is 0.182. The molecule has 0 fully saturated rings. The van der Waals surface area contributed by atoms with E-state index >= 15 is 0 Å². The molecule has 1 N–H and O–H groups in total. The van der Waals surface area contributed by atoms with Crippen molar-refractivity contribution >= 4 is 29.2 Å². The molecule has 88 valence electrons. The van der Waals surface area contributed by atoms with E-state index in [2.05, 4.69) is 4.98 Å². The van der Waals surface area contributed by atoms with Crippen molar-refractivity contribution in [3.8, 4) is 0 Å². The second kappa shape index (κ2) is 4.51. The lowest BCUT2D eigenvalue weighted by molar-refractivity contribution is -0.166. The monoisotopic (exact) mass is 269 g/mol. The first-order chi connectivity index (χ1) is 7.32. The number of carboxylic acids is 1. The zero-order valence-corrected chi connectivity index (χ0v) is 9.61. The summed E-state index contributed by atoms with van der Waals surface area (Å²) >= 11 is 11.1. The predicted octanol–water partition coefficient (Wildman–Crippen LogP) is 3.13. The molecule has 0 spiro atoms. The summed E-state index contributed by atoms with van der Waals surface area (Å²) in [6.07, 6.45) is 1.27. The van der Waals surface area contributed by atoms with Crippen LogP contribution in [0.15, 0.2) is 6.20 Å². The Balaban J connectivity index is 3.49. The zero-order chi connectivity index (χ0) is 12.5. The Morgan fingerprint density at radius 2 is 2.12 bits per heavy atom. The van der Waals surface area contributed by atoms with Crippen LogP contribution in [0, 0.1) is 0 Å². The fourth-order valence-electron chi connectivity index (χ4n) is 1.15. The summed E-state index contributed by atoms with van der Waals surface area (Å²) in [5, 5.41) is 7.56. The zero-order valence-electron chi connectivity index (χ0n) is 8.10. The Bertz CT molecular complexity index is 438. The quantitative estimate of drug-likeness (QED) is 0.917. The Labute approximate surface area is 100 Å². The third-order valence-corrected chi connectivity index (χ3v) is 2.66. The molecule has 0 bridgehead atoms. The van der Waals surface area contributed by atoms with Crippen LogP contribution in [0.1, 0.15) is 18.2 Å². The molecule has 0 atom stereocenters. The summed E-state index contributed by atoms with van der Waals surface area (Å²) in [4.78, 5) is 14.2. The molecule has 0 aliphatic heterocycles. The fraction of sp³-hybridized carbons (Fsp3) is 0.333. The van der Waals surface area contributed by atoms with E-state index in [0.29, 0.717) is 6.42 Å². The first-order valence-corrected chi connectivity index (χ1v) is 5.02. The van der Waals surface area contributed by atoms with Crippen molar-refractivity contribution in [2.75, 3.05) is 0 Å². The van der Waals surface area contributed by atoms with E-state index in [9.17, 15) is 13.6 Å². The number of pyridine rings is 1. The minimum atomic E-state index is -4.12. The summed E-state index contributed by atoms with van der Waals surface area (Å²) in [6.45, 7) is 1.66. The molecule has 1 aromatic rings. The lowest BCUT2D eigenvalue weighted by atomic mass is 10.1. The summed E-state index contributed by atoms with van der Waals surface area (Å²) in [6, 6.07) is 0. The Kier molecular flexibility index (Phi) is 3.70. The van der Waals surface area contributed by atoms with Crippen LogP contribution in [0.4, 0.5) is 8.78 Å². The van der Waals surface area contributed by atoms with Gasteiger partial charge >= 0.3 is 11.9 Å². The van der Waals surface area contributed by atoms with Gasteiger partial charge in [0.15, 0.2) is 0 Å². The smallest absolute Gasteiger partial charge is 0.379 e. The maximum absolute atomic E-state index is 13.3. The number of hydrogen-bond donors (Lipinski definition) is 1. The Morgan fingerprint density at radius 3 is 2.56 bits per heavy atom. The van der Waals surface area contributed by atoms with Gasteiger partial charge in [0.05, 0.1) is 21.3 Å². The third-order valence-electron chi connectivity index (χ3n) is 1.96. The molecule has 1 heterocycles. The molecule has 3 nitrogen and oxygen atoms in total. The molecule has 0 aliphatic carbocycles. The average molecular weight is 270 g/mol. The number of carbonyl (C=O) groups is 1. The number of aliphatic carboxylic acids is 1. The summed E-state index contributed by atoms with van der Waals surface area (Å²) in [5.41, 5.74) is -0.725. The van der Waals surface area contributed by atoms with Gasteiger partial charge in [-0.1, -0.05) is 30.1 Å². The van der Waals surface area contributed by atoms with Gasteiger partial charge in [-0.05, 0) is 6.42 Å². The SMILES string of the molecule is CCc1ncc(Cl)c(C(F)(F)C(=O)O)c1Cl. The molecular formula is C9H7Cl2F2NO2. The van der Waals surface area contributed by atoms with Crippen LogP contribution in [0.3, 0.4) is 0 Å². The minimum Gasteiger partial charge on any atom is -0.477 e. The van der Waals surface area contributed by atoms with Crippen LogP contribution in [0.2, 0.25) is 10.0 Å². The maximum Gasteiger partial charge on any atom is 0.379 e. The van der Waals surface area contributed by atoms with Gasteiger partial charge in [-0.25, -0.2) is 4.79 Å². The van der Waals surface area contributed by atoms with E-state index in [4.69, 9.17) is 28.3 Å². The summed E-state index contributed by atoms with van der Waals surface area (Å²) in [7, 11) is 0. The number of halogens is 4. The van der Waals surface area contributed by atoms with Crippen molar-refractivity contribution in [3.05, 3.63) is 27.5 Å². The average Bonchev–Trinajstić information content (AvgIpc) is 2.17. The second-order valence-corrected chi connectivity index (χ2v) is 3.76. The van der Waals surface area contributed by atoms with Gasteiger partial charge in [-0.15, -0.1) is 0 Å². The highest BCUT2D eigenvalue weighted by Crippen LogP contribution is 2.39. The van der Waals surface area contributed by atoms with E-state index in [1.807, 2.05) is 0 Å². The first kappa shape index (κ1) is 13.1. The molecule has 0 unspecified atom stereocenters. The molecule has 0 aliphatic rings.